The van der Waals surface area contributed by atoms with E-state index in [9.17, 15) is 33.2 Å². The third-order valence-electron chi connectivity index (χ3n) is 14.7. The Hall–Kier alpha value is -6.83. The maximum atomic E-state index is 14.7. The van der Waals surface area contributed by atoms with Crippen LogP contribution in [-0.4, -0.2) is 187 Å². The lowest BCUT2D eigenvalue weighted by Crippen LogP contribution is -2.59. The van der Waals surface area contributed by atoms with Crippen molar-refractivity contribution < 1.29 is 47.4 Å². The van der Waals surface area contributed by atoms with Gasteiger partial charge in [-0.3, -0.25) is 28.8 Å². The van der Waals surface area contributed by atoms with E-state index in [1.807, 2.05) is 25.1 Å². The van der Waals surface area contributed by atoms with Gasteiger partial charge in [0.1, 0.15) is 46.5 Å². The van der Waals surface area contributed by atoms with Crippen molar-refractivity contribution in [3.05, 3.63) is 87.0 Å². The number of nitrogens with one attached hydrogen (secondary N) is 5. The van der Waals surface area contributed by atoms with E-state index in [4.69, 9.17) is 25.8 Å². The number of benzene rings is 2. The zero-order chi connectivity index (χ0) is 56.9. The highest BCUT2D eigenvalue weighted by Gasteiger charge is 2.38. The molecule has 2 aromatic carbocycles. The molecule has 1 saturated carbocycles. The molecule has 2 saturated heterocycles. The second kappa shape index (κ2) is 28.0. The molecule has 5 N–H and O–H groups in total. The number of para-hydroxylation sites is 1. The maximum Gasteiger partial charge on any atom is 0.271 e. The van der Waals surface area contributed by atoms with Gasteiger partial charge in [0.15, 0.2) is 5.13 Å². The number of likely N-dealkylation sites (N-methyl/N-ethyl adjacent to an activating group) is 1. The summed E-state index contributed by atoms with van der Waals surface area (Å²) in [6, 6.07) is 10.2. The van der Waals surface area contributed by atoms with Gasteiger partial charge in [0, 0.05) is 82.9 Å². The third-order valence-corrected chi connectivity index (χ3v) is 15.9. The van der Waals surface area contributed by atoms with Gasteiger partial charge in [-0.1, -0.05) is 54.3 Å². The number of aryl methyl sites for hydroxylation is 3. The van der Waals surface area contributed by atoms with Gasteiger partial charge >= 0.3 is 0 Å². The van der Waals surface area contributed by atoms with Gasteiger partial charge in [-0.25, -0.2) is 19.3 Å². The number of carbonyl (C=O) groups is 6. The van der Waals surface area contributed by atoms with Crippen LogP contribution in [0.3, 0.4) is 0 Å². The number of hydrogen-bond acceptors (Lipinski definition) is 16. The summed E-state index contributed by atoms with van der Waals surface area (Å²) in [7, 11) is 3.36. The molecular formula is C55H71ClFN13O9S. The van der Waals surface area contributed by atoms with Crippen molar-refractivity contribution in [2.24, 2.45) is 13.0 Å². The highest BCUT2D eigenvalue weighted by Crippen LogP contribution is 2.32. The number of amides is 6. The summed E-state index contributed by atoms with van der Waals surface area (Å²) >= 11 is 7.48. The first-order valence-electron chi connectivity index (χ1n) is 27.1. The van der Waals surface area contributed by atoms with Crippen LogP contribution in [-0.2, 0) is 35.6 Å². The highest BCUT2D eigenvalue weighted by molar-refractivity contribution is 7.17. The molecule has 8 rings (SSSR count). The van der Waals surface area contributed by atoms with Crippen molar-refractivity contribution >= 4 is 91.7 Å². The van der Waals surface area contributed by atoms with E-state index < -0.39 is 29.7 Å². The summed E-state index contributed by atoms with van der Waals surface area (Å²) in [5, 5.41) is 16.1. The van der Waals surface area contributed by atoms with Crippen LogP contribution in [0.15, 0.2) is 48.7 Å². The fourth-order valence-electron chi connectivity index (χ4n) is 10.1. The Morgan fingerprint density at radius 1 is 0.825 bits per heavy atom. The molecule has 25 heteroatoms. The number of rotatable bonds is 23. The van der Waals surface area contributed by atoms with Gasteiger partial charge in [0.05, 0.1) is 61.5 Å². The van der Waals surface area contributed by atoms with Crippen LogP contribution in [0.25, 0.3) is 10.9 Å². The lowest BCUT2D eigenvalue weighted by Gasteiger charge is -2.39. The molecule has 80 heavy (non-hydrogen) atoms. The number of ether oxygens (including phenoxy) is 3. The number of hydrogen-bond donors (Lipinski definition) is 5. The Morgan fingerprint density at radius 3 is 2.23 bits per heavy atom. The Bertz CT molecular complexity index is 2990. The molecule has 2 atom stereocenters. The number of nitrogens with zero attached hydrogens (tertiary/aromatic N) is 8. The largest absolute Gasteiger partial charge is 0.377 e. The molecule has 2 aliphatic heterocycles. The summed E-state index contributed by atoms with van der Waals surface area (Å²) in [6.07, 6.45) is 6.30. The normalized spacial score (nSPS) is 15.9. The highest BCUT2D eigenvalue weighted by atomic mass is 35.5. The third kappa shape index (κ3) is 14.9. The van der Waals surface area contributed by atoms with Crippen LogP contribution in [0.4, 0.5) is 26.8 Å². The topological polar surface area (TPSA) is 247 Å². The van der Waals surface area contributed by atoms with E-state index in [0.29, 0.717) is 75.3 Å². The number of carbonyl (C=O) groups excluding carboxylic acids is 6. The molecule has 6 amide bonds. The molecule has 3 fully saturated rings. The monoisotopic (exact) mass is 1140 g/mol. The van der Waals surface area contributed by atoms with Crippen LogP contribution in [0.5, 0.6) is 0 Å². The molecule has 22 nitrogen and oxygen atoms in total. The number of piperazine rings is 2. The first-order chi connectivity index (χ1) is 38.6. The predicted molar refractivity (Wildman–Crippen MR) is 302 cm³/mol. The number of fused-ring (bicyclic) bond motifs is 1. The van der Waals surface area contributed by atoms with Gasteiger partial charge in [0.2, 0.25) is 17.7 Å². The Labute approximate surface area is 473 Å². The smallest absolute Gasteiger partial charge is 0.271 e. The Kier molecular flexibility index (Phi) is 20.8. The van der Waals surface area contributed by atoms with Crippen LogP contribution in [0, 0.1) is 25.6 Å². The number of thiazole rings is 1. The van der Waals surface area contributed by atoms with Crippen LogP contribution >= 0.6 is 22.9 Å². The maximum absolute atomic E-state index is 14.7. The van der Waals surface area contributed by atoms with Gasteiger partial charge in [0.25, 0.3) is 17.7 Å². The molecule has 3 aromatic heterocycles. The minimum atomic E-state index is -0.655. The van der Waals surface area contributed by atoms with E-state index in [2.05, 4.69) is 46.4 Å². The van der Waals surface area contributed by atoms with Crippen molar-refractivity contribution in [3.8, 4) is 0 Å². The molecule has 5 heterocycles. The van der Waals surface area contributed by atoms with Crippen LogP contribution < -0.4 is 31.5 Å². The zero-order valence-corrected chi connectivity index (χ0v) is 47.5. The quantitative estimate of drug-likeness (QED) is 0.0546. The molecule has 3 aliphatic rings. The summed E-state index contributed by atoms with van der Waals surface area (Å²) in [6.45, 7) is 9.42. The van der Waals surface area contributed by atoms with Gasteiger partial charge in [-0.15, -0.1) is 0 Å². The van der Waals surface area contributed by atoms with Gasteiger partial charge in [-0.2, -0.15) is 0 Å². The van der Waals surface area contributed by atoms with Gasteiger partial charge < -0.3 is 65.0 Å². The van der Waals surface area contributed by atoms with Crippen molar-refractivity contribution in [1.82, 2.24) is 50.2 Å². The first-order valence-corrected chi connectivity index (χ1v) is 28.3. The first kappa shape index (κ1) is 59.3. The predicted octanol–water partition coefficient (Wildman–Crippen LogP) is 4.92. The number of halogens is 2. The SMILES string of the molecule is CN[C@@H](C)C(=O)N[C@H](C(=O)N1CCN(C(=O)c2c(C(=O)NCCOCCOCCOCC(=O)N3CCN(c4cc(Nc5ncc(C(=O)Nc6c(C)cccc6Cl)s5)nc(C)n4)CC3)c3cc(F)ccc3n2C)CC1)C1CCCCC1. The van der Waals surface area contributed by atoms with Crippen molar-refractivity contribution in [2.45, 2.75) is 65.0 Å². The van der Waals surface area contributed by atoms with Crippen molar-refractivity contribution in [3.63, 3.8) is 0 Å². The average Bonchev–Trinajstić information content (AvgIpc) is 4.12. The lowest BCUT2D eigenvalue weighted by molar-refractivity contribution is -0.140. The summed E-state index contributed by atoms with van der Waals surface area (Å²) in [4.78, 5) is 102. The van der Waals surface area contributed by atoms with Crippen LogP contribution in [0.1, 0.15) is 80.9 Å². The summed E-state index contributed by atoms with van der Waals surface area (Å²) < 4.78 is 33.2. The summed E-state index contributed by atoms with van der Waals surface area (Å²) in [5.41, 5.74) is 2.06. The lowest BCUT2D eigenvalue weighted by atomic mass is 9.83. The van der Waals surface area contributed by atoms with Gasteiger partial charge in [-0.05, 0) is 76.4 Å². The molecule has 0 unspecified atom stereocenters. The van der Waals surface area contributed by atoms with Crippen molar-refractivity contribution in [1.29, 1.82) is 0 Å². The summed E-state index contributed by atoms with van der Waals surface area (Å²) in [5.74, 6) is -0.591. The zero-order valence-electron chi connectivity index (χ0n) is 45.9. The average molecular weight is 1140 g/mol. The second-order valence-corrected chi connectivity index (χ2v) is 21.5. The Morgan fingerprint density at radius 2 is 1.51 bits per heavy atom. The van der Waals surface area contributed by atoms with E-state index in [1.165, 1.54) is 35.7 Å². The molecule has 430 valence electrons. The minimum Gasteiger partial charge on any atom is -0.377 e. The molecule has 5 aromatic rings. The molecule has 0 radical (unpaired) electrons. The van der Waals surface area contributed by atoms with E-state index in [0.717, 1.165) is 37.7 Å². The van der Waals surface area contributed by atoms with Crippen molar-refractivity contribution in [2.75, 3.05) is 121 Å². The van der Waals surface area contributed by atoms with E-state index in [1.54, 1.807) is 53.3 Å². The second-order valence-electron chi connectivity index (χ2n) is 20.1. The van der Waals surface area contributed by atoms with Crippen LogP contribution in [0.2, 0.25) is 5.02 Å². The molecule has 0 spiro atoms. The molecule has 0 bridgehead atoms. The fraction of sp³-hybridized carbons (Fsp3) is 0.509. The van der Waals surface area contributed by atoms with E-state index in [-0.39, 0.29) is 113 Å². The number of anilines is 4. The fourth-order valence-corrected chi connectivity index (χ4v) is 11.1. The molecule has 1 aliphatic carbocycles. The standard InChI is InChI=1S/C55H71ClFN13O9S/c1-34-10-9-13-40(56)47(34)64-51(73)42-32-60-55(80-42)63-43-31-44(62-36(3)61-43)67-17-19-68(20-18-67)45(71)33-79-29-28-78-27-26-77-25-16-59-52(74)46-39-30-38(57)14-15-41(39)66(5)49(46)54(76)70-23-21-69(22-24-70)53(75)48(37-11-7-6-8-12-37)65-50(72)35(2)58-4/h9-10,13-15,30-32,35,37,48,58H,6-8,11-12,16-29,33H2,1-5H3,(H,59,74)(H,64,73)(H,65,72)(H,60,61,62,63)/t35-,48-/m0/s1. The number of aromatic nitrogens is 4. The molecular weight excluding hydrogens is 1070 g/mol. The van der Waals surface area contributed by atoms with E-state index >= 15 is 0 Å². The minimum absolute atomic E-state index is 0.0325. The Balaban J connectivity index is 0.720.